The highest BCUT2D eigenvalue weighted by atomic mass is 16.5. The minimum atomic E-state index is -0.108. The van der Waals surface area contributed by atoms with Gasteiger partial charge >= 0.3 is 0 Å². The summed E-state index contributed by atoms with van der Waals surface area (Å²) in [4.78, 5) is 14.8. The average Bonchev–Trinajstić information content (AvgIpc) is 2.83. The third-order valence-corrected chi connectivity index (χ3v) is 5.24. The molecule has 8 heteroatoms. The van der Waals surface area contributed by atoms with Crippen molar-refractivity contribution in [2.75, 3.05) is 58.9 Å². The zero-order valence-corrected chi connectivity index (χ0v) is 17.9. The molecule has 1 amide bonds. The van der Waals surface area contributed by atoms with Gasteiger partial charge in [-0.15, -0.1) is 0 Å². The van der Waals surface area contributed by atoms with Gasteiger partial charge in [0.2, 0.25) is 5.91 Å². The fourth-order valence-corrected chi connectivity index (χ4v) is 3.52. The maximum Gasteiger partial charge on any atom is 0.239 e. The monoisotopic (exact) mass is 424 g/mol. The van der Waals surface area contributed by atoms with E-state index in [-0.39, 0.29) is 18.5 Å². The van der Waals surface area contributed by atoms with E-state index in [0.717, 1.165) is 24.3 Å². The van der Waals surface area contributed by atoms with Gasteiger partial charge in [-0.2, -0.15) is 5.26 Å². The Morgan fingerprint density at radius 3 is 2.48 bits per heavy atom. The molecule has 0 radical (unpaired) electrons. The van der Waals surface area contributed by atoms with Crippen molar-refractivity contribution in [3.8, 4) is 17.6 Å². The van der Waals surface area contributed by atoms with E-state index < -0.39 is 0 Å². The number of hydrogen-bond acceptors (Lipinski definition) is 7. The second-order valence-corrected chi connectivity index (χ2v) is 7.13. The molecule has 1 aliphatic heterocycles. The average molecular weight is 425 g/mol. The number of carbonyl (C=O) groups excluding carboxylic acids is 1. The standard InChI is InChI=1S/C23H28N4O4/c1-29-21-8-5-18(13-22(21)30-2)20(27-9-11-31-12-10-27)15-26-23(28)16-25-19-6-3-17(14-24)4-7-19/h3-8,13,20,25H,9-12,15-16H2,1-2H3,(H,26,28). The van der Waals surface area contributed by atoms with Gasteiger partial charge in [0, 0.05) is 25.3 Å². The number of morpholine rings is 1. The van der Waals surface area contributed by atoms with Crippen LogP contribution in [0.15, 0.2) is 42.5 Å². The van der Waals surface area contributed by atoms with E-state index in [9.17, 15) is 4.79 Å². The van der Waals surface area contributed by atoms with Crippen LogP contribution in [0.4, 0.5) is 5.69 Å². The summed E-state index contributed by atoms with van der Waals surface area (Å²) in [6.07, 6.45) is 0. The zero-order chi connectivity index (χ0) is 22.1. The van der Waals surface area contributed by atoms with Crippen molar-refractivity contribution in [1.82, 2.24) is 10.2 Å². The number of nitrogens with one attached hydrogen (secondary N) is 2. The molecule has 2 N–H and O–H groups in total. The number of hydrogen-bond donors (Lipinski definition) is 2. The largest absolute Gasteiger partial charge is 0.493 e. The molecule has 3 rings (SSSR count). The van der Waals surface area contributed by atoms with Gasteiger partial charge < -0.3 is 24.8 Å². The lowest BCUT2D eigenvalue weighted by Crippen LogP contribution is -2.44. The number of nitriles is 1. The summed E-state index contributed by atoms with van der Waals surface area (Å²) in [7, 11) is 3.22. The van der Waals surface area contributed by atoms with E-state index in [1.54, 1.807) is 38.5 Å². The van der Waals surface area contributed by atoms with Crippen LogP contribution in [0.25, 0.3) is 0 Å². The van der Waals surface area contributed by atoms with Crippen LogP contribution in [0.3, 0.4) is 0 Å². The molecule has 0 bridgehead atoms. The van der Waals surface area contributed by atoms with Gasteiger partial charge in [-0.1, -0.05) is 6.07 Å². The summed E-state index contributed by atoms with van der Waals surface area (Å²) in [6.45, 7) is 3.52. The molecule has 0 spiro atoms. The van der Waals surface area contributed by atoms with Gasteiger partial charge in [0.05, 0.1) is 51.7 Å². The highest BCUT2D eigenvalue weighted by molar-refractivity contribution is 5.80. The molecule has 1 heterocycles. The van der Waals surface area contributed by atoms with Crippen LogP contribution in [0.5, 0.6) is 11.5 Å². The zero-order valence-electron chi connectivity index (χ0n) is 17.9. The van der Waals surface area contributed by atoms with E-state index in [2.05, 4.69) is 21.6 Å². The number of benzene rings is 2. The van der Waals surface area contributed by atoms with Crippen molar-refractivity contribution >= 4 is 11.6 Å². The lowest BCUT2D eigenvalue weighted by molar-refractivity contribution is -0.119. The molecule has 1 saturated heterocycles. The van der Waals surface area contributed by atoms with E-state index in [0.29, 0.717) is 36.8 Å². The minimum absolute atomic E-state index is 0.0115. The first kappa shape index (κ1) is 22.4. The highest BCUT2D eigenvalue weighted by Crippen LogP contribution is 2.32. The highest BCUT2D eigenvalue weighted by Gasteiger charge is 2.24. The number of ether oxygens (including phenoxy) is 3. The molecular weight excluding hydrogens is 396 g/mol. The predicted molar refractivity (Wildman–Crippen MR) is 117 cm³/mol. The molecule has 1 atom stereocenters. The fourth-order valence-electron chi connectivity index (χ4n) is 3.52. The van der Waals surface area contributed by atoms with Crippen molar-refractivity contribution in [2.45, 2.75) is 6.04 Å². The number of amides is 1. The Bertz CT molecular complexity index is 905. The van der Waals surface area contributed by atoms with Crippen LogP contribution in [-0.2, 0) is 9.53 Å². The SMILES string of the molecule is COc1ccc(C(CNC(=O)CNc2ccc(C#N)cc2)N2CCOCC2)cc1OC. The molecular formula is C23H28N4O4. The molecule has 31 heavy (non-hydrogen) atoms. The molecule has 1 fully saturated rings. The maximum atomic E-state index is 12.5. The topological polar surface area (TPSA) is 95.9 Å². The van der Waals surface area contributed by atoms with Crippen molar-refractivity contribution in [3.63, 3.8) is 0 Å². The molecule has 2 aromatic rings. The van der Waals surface area contributed by atoms with Crippen molar-refractivity contribution in [1.29, 1.82) is 5.26 Å². The molecule has 0 saturated carbocycles. The maximum absolute atomic E-state index is 12.5. The van der Waals surface area contributed by atoms with Gasteiger partial charge in [0.25, 0.3) is 0 Å². The van der Waals surface area contributed by atoms with Gasteiger partial charge in [0.15, 0.2) is 11.5 Å². The molecule has 1 unspecified atom stereocenters. The van der Waals surface area contributed by atoms with Gasteiger partial charge in [-0.3, -0.25) is 9.69 Å². The Morgan fingerprint density at radius 2 is 1.84 bits per heavy atom. The van der Waals surface area contributed by atoms with Gasteiger partial charge in [-0.25, -0.2) is 0 Å². The molecule has 2 aromatic carbocycles. The Balaban J connectivity index is 1.64. The lowest BCUT2D eigenvalue weighted by Gasteiger charge is -2.35. The Hall–Kier alpha value is -3.28. The van der Waals surface area contributed by atoms with Crippen LogP contribution in [0.2, 0.25) is 0 Å². The quantitative estimate of drug-likeness (QED) is 0.637. The number of nitrogens with zero attached hydrogens (tertiary/aromatic N) is 2. The first-order valence-corrected chi connectivity index (χ1v) is 10.2. The van der Waals surface area contributed by atoms with Crippen molar-refractivity contribution in [3.05, 3.63) is 53.6 Å². The first-order chi connectivity index (χ1) is 15.1. The lowest BCUT2D eigenvalue weighted by atomic mass is 10.0. The van der Waals surface area contributed by atoms with Gasteiger partial charge in [-0.05, 0) is 42.0 Å². The first-order valence-electron chi connectivity index (χ1n) is 10.2. The molecule has 0 aromatic heterocycles. The summed E-state index contributed by atoms with van der Waals surface area (Å²) in [5.41, 5.74) is 2.41. The Morgan fingerprint density at radius 1 is 1.13 bits per heavy atom. The predicted octanol–water partition coefficient (Wildman–Crippen LogP) is 2.18. The van der Waals surface area contributed by atoms with Crippen LogP contribution in [0.1, 0.15) is 17.2 Å². The summed E-state index contributed by atoms with van der Waals surface area (Å²) in [5, 5.41) is 15.0. The second kappa shape index (κ2) is 11.2. The molecule has 0 aliphatic carbocycles. The third-order valence-electron chi connectivity index (χ3n) is 5.24. The Labute approximate surface area is 182 Å². The van der Waals surface area contributed by atoms with Crippen molar-refractivity contribution < 1.29 is 19.0 Å². The molecule has 164 valence electrons. The van der Waals surface area contributed by atoms with Crippen molar-refractivity contribution in [2.24, 2.45) is 0 Å². The number of carbonyl (C=O) groups is 1. The van der Waals surface area contributed by atoms with Crippen LogP contribution < -0.4 is 20.1 Å². The molecule has 1 aliphatic rings. The number of rotatable bonds is 9. The molecule has 8 nitrogen and oxygen atoms in total. The number of anilines is 1. The van der Waals surface area contributed by atoms with Crippen LogP contribution in [-0.4, -0.2) is 64.4 Å². The fraction of sp³-hybridized carbons (Fsp3) is 0.391. The van der Waals surface area contributed by atoms with Gasteiger partial charge in [0.1, 0.15) is 0 Å². The van der Waals surface area contributed by atoms with E-state index in [1.807, 2.05) is 18.2 Å². The summed E-state index contributed by atoms with van der Waals surface area (Å²) < 4.78 is 16.3. The van der Waals surface area contributed by atoms with E-state index >= 15 is 0 Å². The summed E-state index contributed by atoms with van der Waals surface area (Å²) in [6, 6.07) is 14.9. The second-order valence-electron chi connectivity index (χ2n) is 7.13. The van der Waals surface area contributed by atoms with Crippen LogP contribution in [0, 0.1) is 11.3 Å². The van der Waals surface area contributed by atoms with Crippen LogP contribution >= 0.6 is 0 Å². The Kier molecular flexibility index (Phi) is 8.10. The summed E-state index contributed by atoms with van der Waals surface area (Å²) in [5.74, 6) is 1.22. The minimum Gasteiger partial charge on any atom is -0.493 e. The summed E-state index contributed by atoms with van der Waals surface area (Å²) >= 11 is 0. The van der Waals surface area contributed by atoms with E-state index in [1.165, 1.54) is 0 Å². The third kappa shape index (κ3) is 6.10. The normalized spacial score (nSPS) is 14.9. The smallest absolute Gasteiger partial charge is 0.239 e. The number of methoxy groups -OCH3 is 2. The van der Waals surface area contributed by atoms with E-state index in [4.69, 9.17) is 19.5 Å².